The van der Waals surface area contributed by atoms with Crippen LogP contribution in [-0.2, 0) is 5.41 Å². The minimum atomic E-state index is -0.483. The summed E-state index contributed by atoms with van der Waals surface area (Å²) in [6.07, 6.45) is 4.74. The third-order valence-corrected chi connectivity index (χ3v) is 4.69. The smallest absolute Gasteiger partial charge is 0.164 e. The third-order valence-electron chi connectivity index (χ3n) is 4.11. The second-order valence-corrected chi connectivity index (χ2v) is 6.00. The van der Waals surface area contributed by atoms with Gasteiger partial charge in [-0.3, -0.25) is 0 Å². The van der Waals surface area contributed by atoms with Crippen LogP contribution in [0.1, 0.15) is 37.7 Å². The Bertz CT molecular complexity index is 473. The van der Waals surface area contributed by atoms with E-state index in [0.717, 1.165) is 32.1 Å². The average molecular weight is 332 g/mol. The lowest BCUT2D eigenvalue weighted by molar-refractivity contribution is 0.275. The molecule has 0 aromatic heterocycles. The molecule has 3 nitrogen and oxygen atoms in total. The van der Waals surface area contributed by atoms with Crippen LogP contribution in [0.3, 0.4) is 0 Å². The summed E-state index contributed by atoms with van der Waals surface area (Å²) in [6.45, 7) is 0.330. The fraction of sp³-hybridized carbons (Fsp3) is 0.571. The third kappa shape index (κ3) is 2.46. The first-order chi connectivity index (χ1) is 9.05. The Labute approximate surface area is 121 Å². The molecule has 5 heteroatoms. The molecule has 0 radical (unpaired) electrons. The fourth-order valence-corrected chi connectivity index (χ4v) is 3.42. The van der Waals surface area contributed by atoms with Gasteiger partial charge in [-0.25, -0.2) is 4.39 Å². The van der Waals surface area contributed by atoms with Gasteiger partial charge in [-0.15, -0.1) is 0 Å². The predicted octanol–water partition coefficient (Wildman–Crippen LogP) is 3.46. The van der Waals surface area contributed by atoms with Gasteiger partial charge in [0.1, 0.15) is 5.82 Å². The first-order valence-corrected chi connectivity index (χ1v) is 7.30. The van der Waals surface area contributed by atoms with Crippen LogP contribution in [0, 0.1) is 5.82 Å². The summed E-state index contributed by atoms with van der Waals surface area (Å²) in [7, 11) is 1.46. The number of hydrogen-bond donors (Lipinski definition) is 2. The van der Waals surface area contributed by atoms with Crippen LogP contribution in [0.15, 0.2) is 10.5 Å². The van der Waals surface area contributed by atoms with E-state index >= 15 is 0 Å². The normalized spacial score (nSPS) is 18.3. The molecule has 19 heavy (non-hydrogen) atoms. The first-order valence-electron chi connectivity index (χ1n) is 6.51. The molecule has 1 aromatic carbocycles. The lowest BCUT2D eigenvalue weighted by Gasteiger charge is -2.37. The van der Waals surface area contributed by atoms with Crippen molar-refractivity contribution in [2.24, 2.45) is 5.73 Å². The van der Waals surface area contributed by atoms with Gasteiger partial charge in [0.05, 0.1) is 11.6 Å². The summed E-state index contributed by atoms with van der Waals surface area (Å²) in [6, 6.07) is 1.45. The first kappa shape index (κ1) is 14.6. The van der Waals surface area contributed by atoms with E-state index in [1.807, 2.05) is 0 Å². The lowest BCUT2D eigenvalue weighted by Crippen LogP contribution is -2.38. The molecule has 106 valence electrons. The molecule has 0 unspecified atom stereocenters. The van der Waals surface area contributed by atoms with Crippen LogP contribution in [0.25, 0.3) is 0 Å². The van der Waals surface area contributed by atoms with Gasteiger partial charge in [-0.2, -0.15) is 0 Å². The van der Waals surface area contributed by atoms with Gasteiger partial charge in [0.15, 0.2) is 11.5 Å². The Morgan fingerprint density at radius 2 is 2.05 bits per heavy atom. The highest BCUT2D eigenvalue weighted by atomic mass is 79.9. The van der Waals surface area contributed by atoms with E-state index in [1.54, 1.807) is 0 Å². The summed E-state index contributed by atoms with van der Waals surface area (Å²) in [5, 5.41) is 10.3. The minimum absolute atomic E-state index is 0.115. The zero-order valence-corrected chi connectivity index (χ0v) is 12.6. The summed E-state index contributed by atoms with van der Waals surface area (Å²) < 4.78 is 19.9. The number of halogens is 2. The summed E-state index contributed by atoms with van der Waals surface area (Å²) >= 11 is 3.18. The van der Waals surface area contributed by atoms with Crippen LogP contribution in [0.2, 0.25) is 0 Å². The Morgan fingerprint density at radius 1 is 1.42 bits per heavy atom. The average Bonchev–Trinajstić information content (AvgIpc) is 2.44. The number of benzene rings is 1. The van der Waals surface area contributed by atoms with Crippen LogP contribution < -0.4 is 10.5 Å². The molecular formula is C14H19BrFNO2. The van der Waals surface area contributed by atoms with E-state index in [9.17, 15) is 9.50 Å². The largest absolute Gasteiger partial charge is 0.504 e. The second kappa shape index (κ2) is 5.67. The van der Waals surface area contributed by atoms with Crippen LogP contribution in [0.5, 0.6) is 11.5 Å². The summed E-state index contributed by atoms with van der Waals surface area (Å²) in [5.74, 6) is -0.261. The van der Waals surface area contributed by atoms with Crippen molar-refractivity contribution in [3.63, 3.8) is 0 Å². The summed E-state index contributed by atoms with van der Waals surface area (Å²) in [4.78, 5) is 0. The zero-order valence-electron chi connectivity index (χ0n) is 11.0. The van der Waals surface area contributed by atoms with E-state index in [0.29, 0.717) is 16.6 Å². The highest BCUT2D eigenvalue weighted by Gasteiger charge is 2.39. The van der Waals surface area contributed by atoms with Gasteiger partial charge in [0.25, 0.3) is 0 Å². The van der Waals surface area contributed by atoms with Gasteiger partial charge in [0, 0.05) is 23.6 Å². The van der Waals surface area contributed by atoms with Crippen molar-refractivity contribution in [2.45, 2.75) is 37.5 Å². The SMILES string of the molecule is COc1cc(Br)c(F)c(C2(CN)CCCCC2)c1O. The number of nitrogens with two attached hydrogens (primary N) is 1. The molecule has 0 atom stereocenters. The topological polar surface area (TPSA) is 55.5 Å². The molecule has 1 fully saturated rings. The summed E-state index contributed by atoms with van der Waals surface area (Å²) in [5.41, 5.74) is 5.74. The number of phenols is 1. The number of methoxy groups -OCH3 is 1. The van der Waals surface area contributed by atoms with Gasteiger partial charge >= 0.3 is 0 Å². The van der Waals surface area contributed by atoms with Gasteiger partial charge in [0.2, 0.25) is 0 Å². The molecule has 0 saturated heterocycles. The Kier molecular flexibility index (Phi) is 4.36. The Morgan fingerprint density at radius 3 is 2.58 bits per heavy atom. The Balaban J connectivity index is 2.62. The number of phenolic OH excluding ortho intramolecular Hbond substituents is 1. The number of aromatic hydroxyl groups is 1. The maximum absolute atomic E-state index is 14.5. The number of ether oxygens (including phenoxy) is 1. The molecule has 1 aliphatic carbocycles. The van der Waals surface area contributed by atoms with Crippen molar-refractivity contribution in [2.75, 3.05) is 13.7 Å². The molecule has 3 N–H and O–H groups in total. The van der Waals surface area contributed by atoms with Crippen molar-refractivity contribution in [3.05, 3.63) is 21.9 Å². The van der Waals surface area contributed by atoms with E-state index < -0.39 is 11.2 Å². The monoisotopic (exact) mass is 331 g/mol. The minimum Gasteiger partial charge on any atom is -0.504 e. The van der Waals surface area contributed by atoms with Crippen molar-refractivity contribution < 1.29 is 14.2 Å². The highest BCUT2D eigenvalue weighted by molar-refractivity contribution is 9.10. The number of hydrogen-bond acceptors (Lipinski definition) is 3. The molecule has 0 amide bonds. The predicted molar refractivity (Wildman–Crippen MR) is 76.1 cm³/mol. The van der Waals surface area contributed by atoms with Crippen LogP contribution in [0.4, 0.5) is 4.39 Å². The molecule has 1 saturated carbocycles. The van der Waals surface area contributed by atoms with E-state index in [-0.39, 0.29) is 11.5 Å². The van der Waals surface area contributed by atoms with Gasteiger partial charge in [-0.05, 0) is 28.8 Å². The van der Waals surface area contributed by atoms with E-state index in [4.69, 9.17) is 10.5 Å². The number of rotatable bonds is 3. The van der Waals surface area contributed by atoms with Crippen molar-refractivity contribution in [1.82, 2.24) is 0 Å². The molecule has 0 spiro atoms. The fourth-order valence-electron chi connectivity index (χ4n) is 3.02. The molecule has 0 aliphatic heterocycles. The molecule has 1 aliphatic rings. The lowest BCUT2D eigenvalue weighted by atomic mass is 9.69. The highest BCUT2D eigenvalue weighted by Crippen LogP contribution is 2.48. The molecule has 0 heterocycles. The Hall–Kier alpha value is -0.810. The van der Waals surface area contributed by atoms with Crippen molar-refractivity contribution in [3.8, 4) is 11.5 Å². The van der Waals surface area contributed by atoms with Crippen molar-refractivity contribution in [1.29, 1.82) is 0 Å². The van der Waals surface area contributed by atoms with Crippen molar-refractivity contribution >= 4 is 15.9 Å². The van der Waals surface area contributed by atoms with Gasteiger partial charge < -0.3 is 15.6 Å². The standard InChI is InChI=1S/C14H19BrFNO2/c1-19-10-7-9(15)12(16)11(13(10)18)14(8-17)5-3-2-4-6-14/h7,18H,2-6,8,17H2,1H3. The molecule has 2 rings (SSSR count). The van der Waals surface area contributed by atoms with Gasteiger partial charge in [-0.1, -0.05) is 19.3 Å². The maximum Gasteiger partial charge on any atom is 0.164 e. The maximum atomic E-state index is 14.5. The second-order valence-electron chi connectivity index (χ2n) is 5.14. The quantitative estimate of drug-likeness (QED) is 0.891. The molecule has 1 aromatic rings. The van der Waals surface area contributed by atoms with Crippen LogP contribution in [-0.4, -0.2) is 18.8 Å². The van der Waals surface area contributed by atoms with E-state index in [2.05, 4.69) is 15.9 Å². The molecular weight excluding hydrogens is 313 g/mol. The van der Waals surface area contributed by atoms with E-state index in [1.165, 1.54) is 13.2 Å². The molecule has 0 bridgehead atoms. The van der Waals surface area contributed by atoms with Crippen LogP contribution >= 0.6 is 15.9 Å². The zero-order chi connectivity index (χ0) is 14.0.